The number of hydrogen-bond donors (Lipinski definition) is 1. The number of hydrogen-bond acceptors (Lipinski definition) is 4. The van der Waals surface area contributed by atoms with Crippen LogP contribution in [0.25, 0.3) is 22.8 Å². The van der Waals surface area contributed by atoms with Crippen LogP contribution in [-0.2, 0) is 0 Å². The van der Waals surface area contributed by atoms with E-state index in [0.29, 0.717) is 17.4 Å². The van der Waals surface area contributed by atoms with E-state index in [1.807, 2.05) is 42.5 Å². The van der Waals surface area contributed by atoms with Crippen LogP contribution in [0, 0.1) is 0 Å². The first-order chi connectivity index (χ1) is 9.22. The van der Waals surface area contributed by atoms with Crippen LogP contribution in [0.4, 0.5) is 5.69 Å². The fourth-order valence-electron chi connectivity index (χ4n) is 1.76. The van der Waals surface area contributed by atoms with Gasteiger partial charge in [-0.2, -0.15) is 4.98 Å². The normalized spacial score (nSPS) is 10.6. The van der Waals surface area contributed by atoms with E-state index in [1.165, 1.54) is 0 Å². The SMILES string of the molecule is Nc1cccc(-c2nc(-c3cccc(Br)c3)no2)c1. The van der Waals surface area contributed by atoms with Crippen molar-refractivity contribution in [2.24, 2.45) is 0 Å². The molecule has 0 spiro atoms. The average Bonchev–Trinajstić information content (AvgIpc) is 2.88. The monoisotopic (exact) mass is 315 g/mol. The van der Waals surface area contributed by atoms with E-state index >= 15 is 0 Å². The number of rotatable bonds is 2. The zero-order valence-electron chi connectivity index (χ0n) is 9.88. The molecule has 0 atom stereocenters. The number of nitrogens with zero attached hydrogens (tertiary/aromatic N) is 2. The second kappa shape index (κ2) is 4.85. The number of anilines is 1. The van der Waals surface area contributed by atoms with Crippen LogP contribution in [0.5, 0.6) is 0 Å². The van der Waals surface area contributed by atoms with E-state index in [0.717, 1.165) is 15.6 Å². The molecule has 0 radical (unpaired) electrons. The first-order valence-corrected chi connectivity index (χ1v) is 6.47. The van der Waals surface area contributed by atoms with E-state index in [2.05, 4.69) is 26.1 Å². The van der Waals surface area contributed by atoms with Gasteiger partial charge in [-0.15, -0.1) is 0 Å². The van der Waals surface area contributed by atoms with Gasteiger partial charge < -0.3 is 10.3 Å². The van der Waals surface area contributed by atoms with Gasteiger partial charge in [0.2, 0.25) is 5.82 Å². The average molecular weight is 316 g/mol. The minimum atomic E-state index is 0.460. The summed E-state index contributed by atoms with van der Waals surface area (Å²) < 4.78 is 6.24. The standard InChI is InChI=1S/C14H10BrN3O/c15-11-5-1-3-9(7-11)13-17-14(19-18-13)10-4-2-6-12(16)8-10/h1-8H,16H2. The Hall–Kier alpha value is -2.14. The zero-order chi connectivity index (χ0) is 13.2. The minimum Gasteiger partial charge on any atom is -0.399 e. The van der Waals surface area contributed by atoms with E-state index in [9.17, 15) is 0 Å². The zero-order valence-corrected chi connectivity index (χ0v) is 11.5. The maximum Gasteiger partial charge on any atom is 0.258 e. The van der Waals surface area contributed by atoms with Crippen LogP contribution in [0.1, 0.15) is 0 Å². The van der Waals surface area contributed by atoms with Crippen molar-refractivity contribution in [2.45, 2.75) is 0 Å². The Morgan fingerprint density at radius 1 is 1.00 bits per heavy atom. The van der Waals surface area contributed by atoms with Gasteiger partial charge in [-0.3, -0.25) is 0 Å². The van der Waals surface area contributed by atoms with Crippen LogP contribution >= 0.6 is 15.9 Å². The van der Waals surface area contributed by atoms with Crippen molar-refractivity contribution in [3.8, 4) is 22.8 Å². The topological polar surface area (TPSA) is 64.9 Å². The smallest absolute Gasteiger partial charge is 0.258 e. The summed E-state index contributed by atoms with van der Waals surface area (Å²) in [6, 6.07) is 15.1. The number of halogens is 1. The summed E-state index contributed by atoms with van der Waals surface area (Å²) in [6.07, 6.45) is 0. The lowest BCUT2D eigenvalue weighted by Crippen LogP contribution is -1.85. The second-order valence-electron chi connectivity index (χ2n) is 4.06. The van der Waals surface area contributed by atoms with Crippen LogP contribution in [0.15, 0.2) is 57.5 Å². The molecule has 0 unspecified atom stereocenters. The molecule has 3 aromatic rings. The molecular weight excluding hydrogens is 306 g/mol. The molecule has 0 saturated carbocycles. The molecule has 1 aromatic heterocycles. The minimum absolute atomic E-state index is 0.460. The molecule has 0 amide bonds. The molecule has 5 heteroatoms. The van der Waals surface area contributed by atoms with Gasteiger partial charge in [0.05, 0.1) is 0 Å². The Bertz CT molecular complexity index is 664. The molecule has 0 saturated heterocycles. The molecule has 0 bridgehead atoms. The van der Waals surface area contributed by atoms with Gasteiger partial charge in [0.25, 0.3) is 5.89 Å². The van der Waals surface area contributed by atoms with Gasteiger partial charge in [0.15, 0.2) is 0 Å². The summed E-state index contributed by atoms with van der Waals surface area (Å²) in [5, 5.41) is 3.99. The van der Waals surface area contributed by atoms with E-state index in [1.54, 1.807) is 6.07 Å². The van der Waals surface area contributed by atoms with Gasteiger partial charge in [-0.1, -0.05) is 39.3 Å². The Morgan fingerprint density at radius 2 is 1.79 bits per heavy atom. The van der Waals surface area contributed by atoms with E-state index < -0.39 is 0 Å². The Kier molecular flexibility index (Phi) is 3.05. The summed E-state index contributed by atoms with van der Waals surface area (Å²) in [5.41, 5.74) is 8.11. The van der Waals surface area contributed by atoms with Crippen molar-refractivity contribution in [3.05, 3.63) is 53.0 Å². The third-order valence-corrected chi connectivity index (χ3v) is 3.14. The highest BCUT2D eigenvalue weighted by Gasteiger charge is 2.10. The Balaban J connectivity index is 2.00. The van der Waals surface area contributed by atoms with Crippen LogP contribution in [-0.4, -0.2) is 10.1 Å². The van der Waals surface area contributed by atoms with E-state index in [-0.39, 0.29) is 0 Å². The largest absolute Gasteiger partial charge is 0.399 e. The highest BCUT2D eigenvalue weighted by molar-refractivity contribution is 9.10. The lowest BCUT2D eigenvalue weighted by Gasteiger charge is -1.96. The summed E-state index contributed by atoms with van der Waals surface area (Å²) in [7, 11) is 0. The molecule has 4 nitrogen and oxygen atoms in total. The molecular formula is C14H10BrN3O. The number of benzene rings is 2. The van der Waals surface area contributed by atoms with Gasteiger partial charge in [0, 0.05) is 21.3 Å². The molecule has 1 heterocycles. The van der Waals surface area contributed by atoms with Crippen molar-refractivity contribution in [2.75, 3.05) is 5.73 Å². The van der Waals surface area contributed by atoms with Gasteiger partial charge in [-0.05, 0) is 30.3 Å². The molecule has 3 rings (SSSR count). The van der Waals surface area contributed by atoms with Crippen LogP contribution in [0.2, 0.25) is 0 Å². The molecule has 0 aliphatic carbocycles. The van der Waals surface area contributed by atoms with Gasteiger partial charge in [-0.25, -0.2) is 0 Å². The Labute approximate surface area is 118 Å². The lowest BCUT2D eigenvalue weighted by atomic mass is 10.2. The fourth-order valence-corrected chi connectivity index (χ4v) is 2.16. The summed E-state index contributed by atoms with van der Waals surface area (Å²) >= 11 is 3.42. The van der Waals surface area contributed by atoms with Crippen LogP contribution < -0.4 is 5.73 Å². The lowest BCUT2D eigenvalue weighted by molar-refractivity contribution is 0.432. The maximum atomic E-state index is 5.74. The quantitative estimate of drug-likeness (QED) is 0.731. The van der Waals surface area contributed by atoms with E-state index in [4.69, 9.17) is 10.3 Å². The third kappa shape index (κ3) is 2.51. The molecule has 2 aromatic carbocycles. The summed E-state index contributed by atoms with van der Waals surface area (Å²) in [4.78, 5) is 4.38. The first-order valence-electron chi connectivity index (χ1n) is 5.68. The van der Waals surface area contributed by atoms with Crippen molar-refractivity contribution < 1.29 is 4.52 Å². The van der Waals surface area contributed by atoms with Crippen molar-refractivity contribution in [3.63, 3.8) is 0 Å². The summed E-state index contributed by atoms with van der Waals surface area (Å²) in [5.74, 6) is 1.01. The van der Waals surface area contributed by atoms with Crippen molar-refractivity contribution in [1.29, 1.82) is 0 Å². The molecule has 0 fully saturated rings. The number of nitrogens with two attached hydrogens (primary N) is 1. The fraction of sp³-hybridized carbons (Fsp3) is 0. The Morgan fingerprint density at radius 3 is 2.58 bits per heavy atom. The summed E-state index contributed by atoms with van der Waals surface area (Å²) in [6.45, 7) is 0. The number of nitrogen functional groups attached to an aromatic ring is 1. The highest BCUT2D eigenvalue weighted by Crippen LogP contribution is 2.24. The van der Waals surface area contributed by atoms with Crippen molar-refractivity contribution >= 4 is 21.6 Å². The van der Waals surface area contributed by atoms with Crippen LogP contribution in [0.3, 0.4) is 0 Å². The van der Waals surface area contributed by atoms with Crippen molar-refractivity contribution in [1.82, 2.24) is 10.1 Å². The molecule has 19 heavy (non-hydrogen) atoms. The molecule has 94 valence electrons. The molecule has 0 aliphatic heterocycles. The predicted octanol–water partition coefficient (Wildman–Crippen LogP) is 3.75. The predicted molar refractivity (Wildman–Crippen MR) is 77.3 cm³/mol. The maximum absolute atomic E-state index is 5.74. The first kappa shape index (κ1) is 11.9. The van der Waals surface area contributed by atoms with Gasteiger partial charge >= 0.3 is 0 Å². The second-order valence-corrected chi connectivity index (χ2v) is 4.97. The van der Waals surface area contributed by atoms with Gasteiger partial charge in [0.1, 0.15) is 0 Å². The third-order valence-electron chi connectivity index (χ3n) is 2.64. The number of aromatic nitrogens is 2. The molecule has 0 aliphatic rings. The highest BCUT2D eigenvalue weighted by atomic mass is 79.9. The molecule has 2 N–H and O–H groups in total.